The summed E-state index contributed by atoms with van der Waals surface area (Å²) in [5.74, 6) is -0.452. The Hall–Kier alpha value is -0.920. The van der Waals surface area contributed by atoms with Crippen molar-refractivity contribution < 1.29 is 13.2 Å². The van der Waals surface area contributed by atoms with Gasteiger partial charge < -0.3 is 11.1 Å². The first-order valence-corrected chi connectivity index (χ1v) is 9.38. The van der Waals surface area contributed by atoms with E-state index in [1.165, 1.54) is 0 Å². The van der Waals surface area contributed by atoms with Crippen LogP contribution in [0.2, 0.25) is 0 Å². The molecule has 0 aliphatic carbocycles. The molecule has 0 aliphatic heterocycles. The molecule has 0 saturated carbocycles. The highest BCUT2D eigenvalue weighted by molar-refractivity contribution is 9.10. The molecule has 1 aromatic carbocycles. The van der Waals surface area contributed by atoms with Crippen molar-refractivity contribution in [2.75, 3.05) is 12.0 Å². The van der Waals surface area contributed by atoms with E-state index in [1.54, 1.807) is 0 Å². The third-order valence-corrected chi connectivity index (χ3v) is 4.64. The SMILES string of the molecule is CC(C)(NC(=O)C(N)CCS(C)(=O)=O)c1ccc(Br)cc1. The number of benzene rings is 1. The molecule has 1 rings (SSSR count). The highest BCUT2D eigenvalue weighted by Crippen LogP contribution is 2.22. The third kappa shape index (κ3) is 6.15. The molecule has 21 heavy (non-hydrogen) atoms. The number of carbonyl (C=O) groups is 1. The van der Waals surface area contributed by atoms with E-state index in [4.69, 9.17) is 5.73 Å². The lowest BCUT2D eigenvalue weighted by atomic mass is 9.94. The summed E-state index contributed by atoms with van der Waals surface area (Å²) in [5, 5.41) is 2.85. The van der Waals surface area contributed by atoms with Crippen LogP contribution < -0.4 is 11.1 Å². The molecule has 1 atom stereocenters. The molecule has 1 amide bonds. The van der Waals surface area contributed by atoms with Crippen LogP contribution in [-0.4, -0.2) is 32.4 Å². The van der Waals surface area contributed by atoms with E-state index in [-0.39, 0.29) is 18.1 Å². The summed E-state index contributed by atoms with van der Waals surface area (Å²) in [6.45, 7) is 3.74. The van der Waals surface area contributed by atoms with E-state index < -0.39 is 21.4 Å². The average Bonchev–Trinajstić information content (AvgIpc) is 2.35. The molecule has 0 aromatic heterocycles. The zero-order chi connectivity index (χ0) is 16.3. The number of rotatable bonds is 6. The summed E-state index contributed by atoms with van der Waals surface area (Å²) in [4.78, 5) is 12.1. The zero-order valence-corrected chi connectivity index (χ0v) is 14.8. The highest BCUT2D eigenvalue weighted by Gasteiger charge is 2.26. The minimum absolute atomic E-state index is 0.0969. The van der Waals surface area contributed by atoms with Gasteiger partial charge in [0, 0.05) is 10.7 Å². The van der Waals surface area contributed by atoms with Gasteiger partial charge in [0.1, 0.15) is 9.84 Å². The molecule has 1 aromatic rings. The standard InChI is InChI=1S/C14H21BrN2O3S/c1-14(2,10-4-6-11(15)7-5-10)17-13(18)12(16)8-9-21(3,19)20/h4-7,12H,8-9,16H2,1-3H3,(H,17,18). The predicted octanol–water partition coefficient (Wildman–Crippen LogP) is 1.56. The van der Waals surface area contributed by atoms with Gasteiger partial charge in [-0.25, -0.2) is 8.42 Å². The van der Waals surface area contributed by atoms with E-state index >= 15 is 0 Å². The monoisotopic (exact) mass is 376 g/mol. The molecular weight excluding hydrogens is 356 g/mol. The first-order chi connectivity index (χ1) is 9.51. The van der Waals surface area contributed by atoms with E-state index in [0.29, 0.717) is 0 Å². The third-order valence-electron chi connectivity index (χ3n) is 3.14. The summed E-state index contributed by atoms with van der Waals surface area (Å²) >= 11 is 3.36. The zero-order valence-electron chi connectivity index (χ0n) is 12.4. The Morgan fingerprint density at radius 1 is 1.33 bits per heavy atom. The maximum absolute atomic E-state index is 12.1. The molecule has 5 nitrogen and oxygen atoms in total. The van der Waals surface area contributed by atoms with Gasteiger partial charge in [-0.3, -0.25) is 4.79 Å². The summed E-state index contributed by atoms with van der Waals surface area (Å²) < 4.78 is 23.2. The van der Waals surface area contributed by atoms with Crippen molar-refractivity contribution in [2.45, 2.75) is 31.8 Å². The van der Waals surface area contributed by atoms with Crippen LogP contribution in [0.25, 0.3) is 0 Å². The highest BCUT2D eigenvalue weighted by atomic mass is 79.9. The Kier molecular flexibility index (Phi) is 5.95. The lowest BCUT2D eigenvalue weighted by Gasteiger charge is -2.28. The number of nitrogens with one attached hydrogen (secondary N) is 1. The van der Waals surface area contributed by atoms with Gasteiger partial charge >= 0.3 is 0 Å². The first-order valence-electron chi connectivity index (χ1n) is 6.52. The van der Waals surface area contributed by atoms with Gasteiger partial charge in [0.25, 0.3) is 0 Å². The van der Waals surface area contributed by atoms with Crippen LogP contribution in [0.1, 0.15) is 25.8 Å². The summed E-state index contributed by atoms with van der Waals surface area (Å²) in [6, 6.07) is 6.77. The van der Waals surface area contributed by atoms with Crippen LogP contribution in [0.3, 0.4) is 0 Å². The number of hydrogen-bond donors (Lipinski definition) is 2. The predicted molar refractivity (Wildman–Crippen MR) is 87.6 cm³/mol. The number of amides is 1. The van der Waals surface area contributed by atoms with Gasteiger partial charge in [-0.1, -0.05) is 28.1 Å². The van der Waals surface area contributed by atoms with Gasteiger partial charge in [-0.2, -0.15) is 0 Å². The second kappa shape index (κ2) is 6.89. The van der Waals surface area contributed by atoms with Crippen LogP contribution in [0.15, 0.2) is 28.7 Å². The van der Waals surface area contributed by atoms with Gasteiger partial charge in [0.2, 0.25) is 5.91 Å². The largest absolute Gasteiger partial charge is 0.346 e. The number of sulfone groups is 1. The molecule has 0 saturated heterocycles. The second-order valence-corrected chi connectivity index (χ2v) is 8.82. The Balaban J connectivity index is 2.69. The number of halogens is 1. The molecule has 118 valence electrons. The molecule has 0 heterocycles. The Labute approximate surface area is 134 Å². The lowest BCUT2D eigenvalue weighted by Crippen LogP contribution is -2.49. The average molecular weight is 377 g/mol. The smallest absolute Gasteiger partial charge is 0.237 e. The topological polar surface area (TPSA) is 89.3 Å². The summed E-state index contributed by atoms with van der Waals surface area (Å²) in [6.07, 6.45) is 1.24. The van der Waals surface area contributed by atoms with Crippen molar-refractivity contribution in [3.8, 4) is 0 Å². The number of hydrogen-bond acceptors (Lipinski definition) is 4. The Morgan fingerprint density at radius 3 is 2.33 bits per heavy atom. The van der Waals surface area contributed by atoms with E-state index in [1.807, 2.05) is 38.1 Å². The lowest BCUT2D eigenvalue weighted by molar-refractivity contribution is -0.124. The fourth-order valence-electron chi connectivity index (χ4n) is 1.81. The number of nitrogens with two attached hydrogens (primary N) is 1. The molecule has 0 fully saturated rings. The molecule has 3 N–H and O–H groups in total. The van der Waals surface area contributed by atoms with Gasteiger partial charge in [-0.15, -0.1) is 0 Å². The molecule has 0 aliphatic rings. The molecule has 0 radical (unpaired) electrons. The van der Waals surface area contributed by atoms with Crippen LogP contribution in [-0.2, 0) is 20.2 Å². The van der Waals surface area contributed by atoms with Crippen molar-refractivity contribution in [3.63, 3.8) is 0 Å². The fourth-order valence-corrected chi connectivity index (χ4v) is 2.76. The quantitative estimate of drug-likeness (QED) is 0.788. The summed E-state index contributed by atoms with van der Waals surface area (Å²) in [7, 11) is -3.12. The van der Waals surface area contributed by atoms with Crippen molar-refractivity contribution in [2.24, 2.45) is 5.73 Å². The van der Waals surface area contributed by atoms with Gasteiger partial charge in [0.15, 0.2) is 0 Å². The molecule has 0 spiro atoms. The minimum Gasteiger partial charge on any atom is -0.346 e. The normalized spacial score (nSPS) is 13.8. The van der Waals surface area contributed by atoms with E-state index in [2.05, 4.69) is 21.2 Å². The van der Waals surface area contributed by atoms with Crippen LogP contribution in [0, 0.1) is 0 Å². The van der Waals surface area contributed by atoms with Crippen LogP contribution in [0.5, 0.6) is 0 Å². The summed E-state index contributed by atoms with van der Waals surface area (Å²) in [5.41, 5.74) is 6.11. The molecule has 1 unspecified atom stereocenters. The van der Waals surface area contributed by atoms with Crippen molar-refractivity contribution in [1.82, 2.24) is 5.32 Å². The van der Waals surface area contributed by atoms with Crippen LogP contribution in [0.4, 0.5) is 0 Å². The molecule has 7 heteroatoms. The first kappa shape index (κ1) is 18.1. The Bertz CT molecular complexity index is 597. The fraction of sp³-hybridized carbons (Fsp3) is 0.500. The Morgan fingerprint density at radius 2 is 1.86 bits per heavy atom. The van der Waals surface area contributed by atoms with Crippen molar-refractivity contribution in [3.05, 3.63) is 34.3 Å². The van der Waals surface area contributed by atoms with Gasteiger partial charge in [0.05, 0.1) is 17.3 Å². The maximum Gasteiger partial charge on any atom is 0.237 e. The van der Waals surface area contributed by atoms with E-state index in [0.717, 1.165) is 16.3 Å². The van der Waals surface area contributed by atoms with E-state index in [9.17, 15) is 13.2 Å². The van der Waals surface area contributed by atoms with Crippen LogP contribution >= 0.6 is 15.9 Å². The number of carbonyl (C=O) groups excluding carboxylic acids is 1. The van der Waals surface area contributed by atoms with Crippen molar-refractivity contribution >= 4 is 31.7 Å². The maximum atomic E-state index is 12.1. The second-order valence-electron chi connectivity index (χ2n) is 5.65. The minimum atomic E-state index is -3.12. The van der Waals surface area contributed by atoms with Gasteiger partial charge in [-0.05, 0) is 38.0 Å². The molecular formula is C14H21BrN2O3S. The van der Waals surface area contributed by atoms with Crippen molar-refractivity contribution in [1.29, 1.82) is 0 Å². The molecule has 0 bridgehead atoms.